The number of nitrogens with one attached hydrogen (secondary N) is 3. The Kier molecular flexibility index (Phi) is 4.06. The second kappa shape index (κ2) is 6.49. The van der Waals surface area contributed by atoms with Gasteiger partial charge in [0.15, 0.2) is 0 Å². The van der Waals surface area contributed by atoms with Gasteiger partial charge < -0.3 is 10.6 Å². The highest BCUT2D eigenvalue weighted by Gasteiger charge is 2.45. The molecule has 2 bridgehead atoms. The van der Waals surface area contributed by atoms with Crippen LogP contribution in [0.3, 0.4) is 0 Å². The molecule has 1 saturated carbocycles. The zero-order valence-corrected chi connectivity index (χ0v) is 15.4. The molecule has 146 valence electrons. The average Bonchev–Trinajstić information content (AvgIpc) is 2.91. The normalized spacial score (nSPS) is 31.5. The molecule has 3 saturated heterocycles. The number of carbonyl (C=O) groups is 4. The van der Waals surface area contributed by atoms with E-state index in [9.17, 15) is 19.2 Å². The number of rotatable bonds is 4. The first-order valence-electron chi connectivity index (χ1n) is 9.84. The van der Waals surface area contributed by atoms with Crippen LogP contribution in [0, 0.1) is 0 Å². The minimum Gasteiger partial charge on any atom is -0.311 e. The molecule has 28 heavy (non-hydrogen) atoms. The summed E-state index contributed by atoms with van der Waals surface area (Å²) in [6.45, 7) is 0.509. The third-order valence-electron chi connectivity index (χ3n) is 6.31. The summed E-state index contributed by atoms with van der Waals surface area (Å²) in [6, 6.07) is 5.90. The third-order valence-corrected chi connectivity index (χ3v) is 6.31. The van der Waals surface area contributed by atoms with Crippen molar-refractivity contribution in [2.45, 2.75) is 62.8 Å². The van der Waals surface area contributed by atoms with Crippen molar-refractivity contribution in [3.63, 3.8) is 0 Å². The second-order valence-electron chi connectivity index (χ2n) is 8.13. The molecule has 1 aliphatic carbocycles. The summed E-state index contributed by atoms with van der Waals surface area (Å²) >= 11 is 0. The van der Waals surface area contributed by atoms with E-state index >= 15 is 0 Å². The Morgan fingerprint density at radius 2 is 1.79 bits per heavy atom. The maximum Gasteiger partial charge on any atom is 0.262 e. The number of imide groups is 2. The van der Waals surface area contributed by atoms with Gasteiger partial charge in [-0.1, -0.05) is 12.1 Å². The van der Waals surface area contributed by atoms with Crippen molar-refractivity contribution in [3.8, 4) is 0 Å². The van der Waals surface area contributed by atoms with E-state index in [-0.39, 0.29) is 18.7 Å². The summed E-state index contributed by atoms with van der Waals surface area (Å²) in [5.74, 6) is -1.86. The Labute approximate surface area is 162 Å². The van der Waals surface area contributed by atoms with Crippen LogP contribution in [0.15, 0.2) is 18.2 Å². The first-order valence-corrected chi connectivity index (χ1v) is 9.84. The first-order chi connectivity index (χ1) is 13.5. The molecule has 1 aromatic carbocycles. The Morgan fingerprint density at radius 3 is 2.50 bits per heavy atom. The maximum atomic E-state index is 13.1. The fourth-order valence-electron chi connectivity index (χ4n) is 4.92. The van der Waals surface area contributed by atoms with E-state index in [1.807, 2.05) is 6.07 Å². The fourth-order valence-corrected chi connectivity index (χ4v) is 4.92. The highest BCUT2D eigenvalue weighted by Crippen LogP contribution is 2.31. The number of amides is 4. The fraction of sp³-hybridized carbons (Fsp3) is 0.500. The number of hydrogen-bond donors (Lipinski definition) is 3. The number of piperidine rings is 2. The van der Waals surface area contributed by atoms with Gasteiger partial charge in [-0.25, -0.2) is 0 Å². The minimum atomic E-state index is -0.928. The van der Waals surface area contributed by atoms with Gasteiger partial charge in [-0.15, -0.1) is 0 Å². The molecule has 6 rings (SSSR count). The molecule has 0 spiro atoms. The molecule has 4 amide bonds. The van der Waals surface area contributed by atoms with Crippen molar-refractivity contribution in [3.05, 3.63) is 34.9 Å². The van der Waals surface area contributed by atoms with Crippen molar-refractivity contribution in [2.24, 2.45) is 0 Å². The van der Waals surface area contributed by atoms with Crippen LogP contribution in [0.25, 0.3) is 0 Å². The van der Waals surface area contributed by atoms with E-state index in [0.29, 0.717) is 35.8 Å². The van der Waals surface area contributed by atoms with Crippen LogP contribution in [0.4, 0.5) is 0 Å². The lowest BCUT2D eigenvalue weighted by atomic mass is 9.79. The molecule has 3 N–H and O–H groups in total. The van der Waals surface area contributed by atoms with Crippen molar-refractivity contribution in [2.75, 3.05) is 0 Å². The lowest BCUT2D eigenvalue weighted by Crippen LogP contribution is -2.61. The molecule has 3 atom stereocenters. The van der Waals surface area contributed by atoms with Crippen molar-refractivity contribution >= 4 is 23.6 Å². The van der Waals surface area contributed by atoms with Crippen LogP contribution in [0.1, 0.15) is 58.4 Å². The van der Waals surface area contributed by atoms with Gasteiger partial charge in [0.1, 0.15) is 6.04 Å². The zero-order chi connectivity index (χ0) is 19.4. The Hall–Kier alpha value is -2.58. The first kappa shape index (κ1) is 17.5. The summed E-state index contributed by atoms with van der Waals surface area (Å²) in [5.41, 5.74) is 1.49. The molecular formula is C20H22N4O4. The van der Waals surface area contributed by atoms with Gasteiger partial charge in [-0.3, -0.25) is 29.4 Å². The summed E-state index contributed by atoms with van der Waals surface area (Å²) in [6.07, 6.45) is 3.67. The van der Waals surface area contributed by atoms with Crippen LogP contribution < -0.4 is 16.0 Å². The van der Waals surface area contributed by atoms with Gasteiger partial charge in [0.2, 0.25) is 11.8 Å². The molecular weight excluding hydrogens is 360 g/mol. The molecule has 4 fully saturated rings. The van der Waals surface area contributed by atoms with E-state index in [2.05, 4.69) is 16.0 Å². The minimum absolute atomic E-state index is 0.121. The lowest BCUT2D eigenvalue weighted by Gasteiger charge is -2.46. The molecule has 0 radical (unpaired) electrons. The molecule has 4 heterocycles. The van der Waals surface area contributed by atoms with Crippen LogP contribution in [-0.4, -0.2) is 52.7 Å². The number of benzene rings is 1. The van der Waals surface area contributed by atoms with Crippen molar-refractivity contribution in [1.29, 1.82) is 0 Å². The number of nitrogens with zero attached hydrogens (tertiary/aromatic N) is 1. The predicted octanol–water partition coefficient (Wildman–Crippen LogP) is 0.0703. The van der Waals surface area contributed by atoms with Crippen LogP contribution in [0.2, 0.25) is 0 Å². The van der Waals surface area contributed by atoms with E-state index in [1.54, 1.807) is 12.1 Å². The van der Waals surface area contributed by atoms with Crippen molar-refractivity contribution in [1.82, 2.24) is 20.9 Å². The van der Waals surface area contributed by atoms with Crippen molar-refractivity contribution < 1.29 is 19.2 Å². The number of carbonyl (C=O) groups excluding carboxylic acids is 4. The maximum absolute atomic E-state index is 13.1. The van der Waals surface area contributed by atoms with Crippen LogP contribution >= 0.6 is 0 Å². The highest BCUT2D eigenvalue weighted by molar-refractivity contribution is 6.24. The standard InChI is InChI=1S/C20H22N4O4/c25-16-5-4-15(18(26)23-16)24-19(27)14-3-1-2-10(17(14)20(24)28)9-21-11-6-12-8-13(7-11)22-12/h1-3,11-13,15,21-22H,4-9H2,(H,23,25,26). The van der Waals surface area contributed by atoms with E-state index in [0.717, 1.165) is 23.3 Å². The lowest BCUT2D eigenvalue weighted by molar-refractivity contribution is -0.136. The second-order valence-corrected chi connectivity index (χ2v) is 8.13. The predicted molar refractivity (Wildman–Crippen MR) is 98.3 cm³/mol. The Morgan fingerprint density at radius 1 is 1.04 bits per heavy atom. The molecule has 3 unspecified atom stereocenters. The van der Waals surface area contributed by atoms with Gasteiger partial charge in [0, 0.05) is 31.1 Å². The van der Waals surface area contributed by atoms with E-state index in [4.69, 9.17) is 0 Å². The summed E-state index contributed by atoms with van der Waals surface area (Å²) < 4.78 is 0. The Bertz CT molecular complexity index is 882. The summed E-state index contributed by atoms with van der Waals surface area (Å²) in [5, 5.41) is 9.25. The van der Waals surface area contributed by atoms with E-state index in [1.165, 1.54) is 6.42 Å². The largest absolute Gasteiger partial charge is 0.311 e. The highest BCUT2D eigenvalue weighted by atomic mass is 16.2. The molecule has 8 heteroatoms. The molecule has 0 aromatic heterocycles. The zero-order valence-electron chi connectivity index (χ0n) is 15.4. The molecule has 4 aliphatic heterocycles. The topological polar surface area (TPSA) is 108 Å². The monoisotopic (exact) mass is 382 g/mol. The van der Waals surface area contributed by atoms with Crippen LogP contribution in [0.5, 0.6) is 0 Å². The van der Waals surface area contributed by atoms with Gasteiger partial charge in [0.05, 0.1) is 11.1 Å². The summed E-state index contributed by atoms with van der Waals surface area (Å²) in [7, 11) is 0. The van der Waals surface area contributed by atoms with Gasteiger partial charge >= 0.3 is 0 Å². The third kappa shape index (κ3) is 2.75. The smallest absolute Gasteiger partial charge is 0.262 e. The van der Waals surface area contributed by atoms with Gasteiger partial charge in [0.25, 0.3) is 11.8 Å². The van der Waals surface area contributed by atoms with Gasteiger partial charge in [-0.2, -0.15) is 0 Å². The summed E-state index contributed by atoms with van der Waals surface area (Å²) in [4.78, 5) is 50.5. The quantitative estimate of drug-likeness (QED) is 0.636. The Balaban J connectivity index is 1.35. The van der Waals surface area contributed by atoms with E-state index < -0.39 is 23.8 Å². The molecule has 5 aliphatic rings. The average molecular weight is 382 g/mol. The number of hydrogen-bond acceptors (Lipinski definition) is 6. The number of fused-ring (bicyclic) bond motifs is 3. The molecule has 1 aromatic rings. The van der Waals surface area contributed by atoms with Crippen LogP contribution in [-0.2, 0) is 16.1 Å². The molecule has 8 nitrogen and oxygen atoms in total. The van der Waals surface area contributed by atoms with Gasteiger partial charge in [-0.05, 0) is 37.3 Å². The SMILES string of the molecule is O=C1CCC(N2C(=O)c3cccc(CNC4CC5CC(C4)N5)c3C2=O)C(=O)N1.